The molecule has 1 fully saturated rings. The van der Waals surface area contributed by atoms with Crippen LogP contribution in [0.15, 0.2) is 48.5 Å². The van der Waals surface area contributed by atoms with Gasteiger partial charge in [0.2, 0.25) is 0 Å². The highest BCUT2D eigenvalue weighted by Crippen LogP contribution is 2.29. The normalized spacial score (nSPS) is 19.2. The van der Waals surface area contributed by atoms with Gasteiger partial charge in [-0.2, -0.15) is 0 Å². The Kier molecular flexibility index (Phi) is 10.5. The Hall–Kier alpha value is -1.75. The van der Waals surface area contributed by atoms with Crippen molar-refractivity contribution in [3.63, 3.8) is 0 Å². The highest BCUT2D eigenvalue weighted by atomic mass is 35.5. The van der Waals surface area contributed by atoms with Crippen molar-refractivity contribution in [2.45, 2.75) is 57.0 Å². The molecule has 2 unspecified atom stereocenters. The van der Waals surface area contributed by atoms with Gasteiger partial charge in [0.25, 0.3) is 0 Å². The van der Waals surface area contributed by atoms with Crippen LogP contribution in [-0.2, 0) is 12.8 Å². The van der Waals surface area contributed by atoms with Crippen LogP contribution in [0.4, 0.5) is 0 Å². The molecule has 0 amide bonds. The molecule has 0 aliphatic carbocycles. The molecule has 1 aliphatic heterocycles. The van der Waals surface area contributed by atoms with Crippen molar-refractivity contribution in [1.82, 2.24) is 4.90 Å². The molecule has 2 atom stereocenters. The summed E-state index contributed by atoms with van der Waals surface area (Å²) in [6, 6.07) is 17.9. The molecular weight excluding hydrogens is 398 g/mol. The van der Waals surface area contributed by atoms with E-state index < -0.39 is 0 Å². The molecule has 2 aromatic carbocycles. The van der Waals surface area contributed by atoms with Gasteiger partial charge in [0.05, 0.1) is 20.8 Å². The van der Waals surface area contributed by atoms with Crippen LogP contribution in [0.5, 0.6) is 11.5 Å². The number of benzene rings is 2. The molecule has 0 spiro atoms. The second-order valence-electron chi connectivity index (χ2n) is 7.97. The molecule has 0 bridgehead atoms. The predicted octanol–water partition coefficient (Wildman–Crippen LogP) is 4.91. The Morgan fingerprint density at radius 1 is 0.800 bits per heavy atom. The molecule has 5 heteroatoms. The second kappa shape index (κ2) is 12.8. The van der Waals surface area contributed by atoms with Crippen molar-refractivity contribution >= 4 is 12.4 Å². The molecule has 166 valence electrons. The fourth-order valence-electron chi connectivity index (χ4n) is 4.57. The third-order valence-corrected chi connectivity index (χ3v) is 6.22. The van der Waals surface area contributed by atoms with Crippen LogP contribution in [-0.4, -0.2) is 49.5 Å². The number of piperidine rings is 1. The summed E-state index contributed by atoms with van der Waals surface area (Å²) < 4.78 is 10.5. The van der Waals surface area contributed by atoms with E-state index >= 15 is 0 Å². The third kappa shape index (κ3) is 6.90. The van der Waals surface area contributed by atoms with E-state index in [4.69, 9.17) is 9.47 Å². The average molecular weight is 434 g/mol. The number of rotatable bonds is 10. The predicted molar refractivity (Wildman–Crippen MR) is 125 cm³/mol. The van der Waals surface area contributed by atoms with Gasteiger partial charge in [-0.15, -0.1) is 12.4 Å². The largest absolute Gasteiger partial charge is 0.497 e. The monoisotopic (exact) mass is 433 g/mol. The molecular formula is C25H36ClNO3. The van der Waals surface area contributed by atoms with Crippen molar-refractivity contribution in [2.75, 3.05) is 27.4 Å². The van der Waals surface area contributed by atoms with E-state index in [1.807, 2.05) is 24.3 Å². The summed E-state index contributed by atoms with van der Waals surface area (Å²) in [5, 5.41) is 9.67. The highest BCUT2D eigenvalue weighted by molar-refractivity contribution is 5.85. The summed E-state index contributed by atoms with van der Waals surface area (Å²) >= 11 is 0. The number of hydrogen-bond donors (Lipinski definition) is 1. The van der Waals surface area contributed by atoms with Crippen molar-refractivity contribution < 1.29 is 14.6 Å². The van der Waals surface area contributed by atoms with Gasteiger partial charge in [-0.05, 0) is 73.9 Å². The summed E-state index contributed by atoms with van der Waals surface area (Å²) in [6.07, 6.45) is 8.17. The molecule has 0 aromatic heterocycles. The number of ether oxygens (including phenoxy) is 2. The van der Waals surface area contributed by atoms with E-state index in [0.717, 1.165) is 43.7 Å². The van der Waals surface area contributed by atoms with E-state index in [9.17, 15) is 5.11 Å². The first kappa shape index (κ1) is 24.5. The van der Waals surface area contributed by atoms with Gasteiger partial charge in [0.15, 0.2) is 0 Å². The molecule has 2 aromatic rings. The summed E-state index contributed by atoms with van der Waals surface area (Å²) in [7, 11) is 3.41. The Morgan fingerprint density at radius 3 is 1.60 bits per heavy atom. The molecule has 3 rings (SSSR count). The Morgan fingerprint density at radius 2 is 1.23 bits per heavy atom. The molecule has 4 nitrogen and oxygen atoms in total. The fourth-order valence-corrected chi connectivity index (χ4v) is 4.57. The van der Waals surface area contributed by atoms with Crippen LogP contribution in [0, 0.1) is 0 Å². The number of likely N-dealkylation sites (tertiary alicyclic amines) is 1. The molecule has 1 heterocycles. The zero-order chi connectivity index (χ0) is 20.5. The van der Waals surface area contributed by atoms with Gasteiger partial charge >= 0.3 is 0 Å². The maximum atomic E-state index is 9.67. The minimum Gasteiger partial charge on any atom is -0.497 e. The van der Waals surface area contributed by atoms with Crippen molar-refractivity contribution in [1.29, 1.82) is 0 Å². The first-order valence-electron chi connectivity index (χ1n) is 10.9. The van der Waals surface area contributed by atoms with Crippen molar-refractivity contribution in [3.05, 3.63) is 59.7 Å². The van der Waals surface area contributed by atoms with E-state index in [1.54, 1.807) is 14.2 Å². The van der Waals surface area contributed by atoms with Gasteiger partial charge in [0.1, 0.15) is 11.5 Å². The van der Waals surface area contributed by atoms with Crippen molar-refractivity contribution in [3.8, 4) is 11.5 Å². The first-order valence-corrected chi connectivity index (χ1v) is 10.9. The number of methoxy groups -OCH3 is 2. The quantitative estimate of drug-likeness (QED) is 0.578. The SMILES string of the molecule is COc1ccc(CCC2CCCC(CCc3ccc(OC)cc3)N2CCO)cc1.Cl. The maximum absolute atomic E-state index is 9.67. The van der Waals surface area contributed by atoms with E-state index in [-0.39, 0.29) is 19.0 Å². The molecule has 1 N–H and O–H groups in total. The fraction of sp³-hybridized carbons (Fsp3) is 0.520. The Labute approximate surface area is 187 Å². The van der Waals surface area contributed by atoms with Gasteiger partial charge in [-0.25, -0.2) is 0 Å². The number of hydrogen-bond acceptors (Lipinski definition) is 4. The van der Waals surface area contributed by atoms with Crippen LogP contribution in [0.25, 0.3) is 0 Å². The molecule has 1 saturated heterocycles. The highest BCUT2D eigenvalue weighted by Gasteiger charge is 2.29. The standard InChI is InChI=1S/C25H35NO3.ClH/c1-28-24-14-8-20(9-15-24)6-12-22-4-3-5-23(26(22)18-19-27)13-7-21-10-16-25(29-2)17-11-21;/h8-11,14-17,22-23,27H,3-7,12-13,18-19H2,1-2H3;1H. The molecule has 0 saturated carbocycles. The lowest BCUT2D eigenvalue weighted by atomic mass is 9.88. The lowest BCUT2D eigenvalue weighted by Crippen LogP contribution is -2.48. The maximum Gasteiger partial charge on any atom is 0.118 e. The van der Waals surface area contributed by atoms with Gasteiger partial charge in [0, 0.05) is 18.6 Å². The summed E-state index contributed by atoms with van der Waals surface area (Å²) in [5.41, 5.74) is 2.71. The zero-order valence-electron chi connectivity index (χ0n) is 18.3. The van der Waals surface area contributed by atoms with Crippen LogP contribution < -0.4 is 9.47 Å². The summed E-state index contributed by atoms with van der Waals surface area (Å²) in [4.78, 5) is 2.58. The number of aliphatic hydroxyl groups excluding tert-OH is 1. The van der Waals surface area contributed by atoms with Crippen LogP contribution in [0.3, 0.4) is 0 Å². The molecule has 30 heavy (non-hydrogen) atoms. The van der Waals surface area contributed by atoms with E-state index in [2.05, 4.69) is 29.2 Å². The number of aliphatic hydroxyl groups is 1. The van der Waals surface area contributed by atoms with E-state index in [0.29, 0.717) is 12.1 Å². The van der Waals surface area contributed by atoms with Crippen molar-refractivity contribution in [2.24, 2.45) is 0 Å². The van der Waals surface area contributed by atoms with Crippen LogP contribution in [0.2, 0.25) is 0 Å². The second-order valence-corrected chi connectivity index (χ2v) is 7.97. The number of halogens is 1. The topological polar surface area (TPSA) is 41.9 Å². The third-order valence-electron chi connectivity index (χ3n) is 6.22. The smallest absolute Gasteiger partial charge is 0.118 e. The first-order chi connectivity index (χ1) is 14.2. The van der Waals surface area contributed by atoms with Crippen LogP contribution >= 0.6 is 12.4 Å². The van der Waals surface area contributed by atoms with Gasteiger partial charge < -0.3 is 14.6 Å². The molecule has 0 radical (unpaired) electrons. The lowest BCUT2D eigenvalue weighted by molar-refractivity contribution is 0.0543. The summed E-state index contributed by atoms with van der Waals surface area (Å²) in [5.74, 6) is 1.82. The summed E-state index contributed by atoms with van der Waals surface area (Å²) in [6.45, 7) is 1.01. The lowest BCUT2D eigenvalue weighted by Gasteiger charge is -2.42. The number of nitrogens with zero attached hydrogens (tertiary/aromatic N) is 1. The van der Waals surface area contributed by atoms with Gasteiger partial charge in [-0.3, -0.25) is 4.90 Å². The number of aryl methyl sites for hydroxylation is 2. The Bertz CT molecular complexity index is 661. The minimum atomic E-state index is 0. The Balaban J connectivity index is 0.00000320. The van der Waals surface area contributed by atoms with E-state index in [1.165, 1.54) is 30.4 Å². The number of β-amino-alcohol motifs (C(OH)–C–C–N with tert-alkyl or cyclic N) is 1. The zero-order valence-corrected chi connectivity index (χ0v) is 19.1. The minimum absolute atomic E-state index is 0. The molecule has 1 aliphatic rings. The van der Waals surface area contributed by atoms with Crippen LogP contribution in [0.1, 0.15) is 43.2 Å². The average Bonchev–Trinajstić information content (AvgIpc) is 2.78. The van der Waals surface area contributed by atoms with Gasteiger partial charge in [-0.1, -0.05) is 30.7 Å².